The third-order valence-electron chi connectivity index (χ3n) is 6.13. The van der Waals surface area contributed by atoms with E-state index in [1.54, 1.807) is 29.0 Å². The number of rotatable bonds is 12. The first kappa shape index (κ1) is 27.1. The smallest absolute Gasteiger partial charge is 0.324 e. The lowest BCUT2D eigenvalue weighted by Gasteiger charge is -2.40. The van der Waals surface area contributed by atoms with Crippen molar-refractivity contribution in [2.24, 2.45) is 5.92 Å². The Morgan fingerprint density at radius 2 is 1.81 bits per heavy atom. The molecule has 3 amide bonds. The number of ether oxygens (including phenoxy) is 3. The van der Waals surface area contributed by atoms with Crippen LogP contribution < -0.4 is 24.4 Å². The van der Waals surface area contributed by atoms with Crippen molar-refractivity contribution in [3.05, 3.63) is 47.8 Å². The fraction of sp³-hybridized carbons (Fsp3) is 0.481. The van der Waals surface area contributed by atoms with E-state index in [-0.39, 0.29) is 24.4 Å². The molecule has 1 heterocycles. The molecule has 1 aliphatic rings. The van der Waals surface area contributed by atoms with Gasteiger partial charge in [-0.15, -0.1) is 0 Å². The summed E-state index contributed by atoms with van der Waals surface area (Å²) in [5.74, 6) is 1.09. The predicted molar refractivity (Wildman–Crippen MR) is 136 cm³/mol. The topological polar surface area (TPSA) is 80.3 Å². The maximum atomic E-state index is 14.0. The molecular formula is C27H36FN3O5. The summed E-state index contributed by atoms with van der Waals surface area (Å²) in [5, 5.41) is 2.85. The summed E-state index contributed by atoms with van der Waals surface area (Å²) < 4.78 is 30.8. The lowest BCUT2D eigenvalue weighted by atomic mass is 10.0. The molecule has 1 unspecified atom stereocenters. The van der Waals surface area contributed by atoms with Crippen molar-refractivity contribution in [3.8, 4) is 17.2 Å². The van der Waals surface area contributed by atoms with E-state index in [0.29, 0.717) is 54.7 Å². The van der Waals surface area contributed by atoms with E-state index < -0.39 is 5.82 Å². The highest BCUT2D eigenvalue weighted by atomic mass is 19.1. The molecule has 0 bridgehead atoms. The molecule has 1 N–H and O–H groups in total. The third-order valence-corrected chi connectivity index (χ3v) is 6.13. The van der Waals surface area contributed by atoms with Crippen LogP contribution in [0.3, 0.4) is 0 Å². The number of hydrogen-bond acceptors (Lipinski definition) is 5. The van der Waals surface area contributed by atoms with E-state index in [2.05, 4.69) is 12.2 Å². The van der Waals surface area contributed by atoms with E-state index in [1.807, 2.05) is 12.1 Å². The van der Waals surface area contributed by atoms with Crippen molar-refractivity contribution in [3.63, 3.8) is 0 Å². The average molecular weight is 502 g/mol. The van der Waals surface area contributed by atoms with E-state index in [1.165, 1.54) is 26.2 Å². The number of hydrogen-bond donors (Lipinski definition) is 1. The molecule has 1 fully saturated rings. The fourth-order valence-corrected chi connectivity index (χ4v) is 4.28. The van der Waals surface area contributed by atoms with Crippen LogP contribution in [0.15, 0.2) is 36.4 Å². The van der Waals surface area contributed by atoms with Crippen LogP contribution in [0.4, 0.5) is 14.9 Å². The Balaban J connectivity index is 1.89. The second-order valence-corrected chi connectivity index (χ2v) is 8.92. The van der Waals surface area contributed by atoms with Crippen molar-refractivity contribution in [2.45, 2.75) is 39.7 Å². The number of nitrogens with one attached hydrogen (secondary N) is 1. The molecule has 0 spiro atoms. The highest BCUT2D eigenvalue weighted by Gasteiger charge is 2.34. The van der Waals surface area contributed by atoms with E-state index >= 15 is 0 Å². The van der Waals surface area contributed by atoms with Crippen LogP contribution in [0.5, 0.6) is 17.2 Å². The summed E-state index contributed by atoms with van der Waals surface area (Å²) in [5.41, 5.74) is 1.23. The average Bonchev–Trinajstić information content (AvgIpc) is 2.87. The van der Waals surface area contributed by atoms with Gasteiger partial charge in [-0.2, -0.15) is 0 Å². The van der Waals surface area contributed by atoms with Gasteiger partial charge in [-0.05, 0) is 36.8 Å². The monoisotopic (exact) mass is 501 g/mol. The second kappa shape index (κ2) is 13.0. The number of benzene rings is 2. The molecule has 0 saturated carbocycles. The van der Waals surface area contributed by atoms with Gasteiger partial charge in [0.05, 0.1) is 27.4 Å². The molecule has 0 radical (unpaired) electrons. The Morgan fingerprint density at radius 1 is 1.06 bits per heavy atom. The van der Waals surface area contributed by atoms with Crippen molar-refractivity contribution in [1.29, 1.82) is 0 Å². The van der Waals surface area contributed by atoms with Gasteiger partial charge >= 0.3 is 6.03 Å². The summed E-state index contributed by atoms with van der Waals surface area (Å²) in [4.78, 5) is 28.5. The van der Waals surface area contributed by atoms with E-state index in [9.17, 15) is 14.0 Å². The van der Waals surface area contributed by atoms with Crippen LogP contribution in [0, 0.1) is 11.7 Å². The highest BCUT2D eigenvalue weighted by Crippen LogP contribution is 2.34. The van der Waals surface area contributed by atoms with Gasteiger partial charge in [0.2, 0.25) is 5.91 Å². The number of methoxy groups -OCH3 is 2. The number of urea groups is 1. The summed E-state index contributed by atoms with van der Waals surface area (Å²) in [7, 11) is 3.09. The molecule has 1 aliphatic heterocycles. The zero-order valence-corrected chi connectivity index (χ0v) is 21.5. The van der Waals surface area contributed by atoms with Gasteiger partial charge in [-0.1, -0.05) is 19.8 Å². The van der Waals surface area contributed by atoms with Crippen LogP contribution in [0.25, 0.3) is 0 Å². The normalized spacial score (nSPS) is 15.6. The molecular weight excluding hydrogens is 465 g/mol. The first-order valence-electron chi connectivity index (χ1n) is 12.3. The molecule has 1 atom stereocenters. The maximum absolute atomic E-state index is 14.0. The summed E-state index contributed by atoms with van der Waals surface area (Å²) in [6.07, 6.45) is 3.08. The van der Waals surface area contributed by atoms with E-state index in [4.69, 9.17) is 14.2 Å². The molecule has 36 heavy (non-hydrogen) atoms. The molecule has 0 aliphatic carbocycles. The fourth-order valence-electron chi connectivity index (χ4n) is 4.28. The first-order valence-corrected chi connectivity index (χ1v) is 12.3. The van der Waals surface area contributed by atoms with Crippen LogP contribution in [0.2, 0.25) is 0 Å². The quantitative estimate of drug-likeness (QED) is 0.430. The Bertz CT molecular complexity index is 1050. The number of unbranched alkanes of at least 4 members (excludes halogenated alkanes) is 2. The van der Waals surface area contributed by atoms with Gasteiger partial charge in [0, 0.05) is 49.8 Å². The van der Waals surface area contributed by atoms with Crippen molar-refractivity contribution >= 4 is 17.6 Å². The number of carbonyl (C=O) groups excluding carboxylic acids is 2. The molecule has 3 rings (SSSR count). The Labute approximate surface area is 212 Å². The molecule has 196 valence electrons. The summed E-state index contributed by atoms with van der Waals surface area (Å²) in [6, 6.07) is 9.45. The van der Waals surface area contributed by atoms with Crippen LogP contribution in [-0.2, 0) is 11.3 Å². The Hall–Kier alpha value is -3.49. The molecule has 1 saturated heterocycles. The minimum Gasteiger partial charge on any atom is -0.496 e. The Morgan fingerprint density at radius 3 is 2.50 bits per heavy atom. The highest BCUT2D eigenvalue weighted by molar-refractivity contribution is 5.93. The predicted octanol–water partition coefficient (Wildman–Crippen LogP) is 4.61. The minimum atomic E-state index is -0.401. The molecule has 2 aromatic carbocycles. The van der Waals surface area contributed by atoms with Gasteiger partial charge in [0.25, 0.3) is 0 Å². The van der Waals surface area contributed by atoms with Crippen LogP contribution in [-0.4, -0.2) is 57.3 Å². The van der Waals surface area contributed by atoms with Gasteiger partial charge in [0.1, 0.15) is 11.6 Å². The zero-order chi connectivity index (χ0) is 26.1. The van der Waals surface area contributed by atoms with E-state index in [0.717, 1.165) is 19.3 Å². The Kier molecular flexibility index (Phi) is 9.78. The van der Waals surface area contributed by atoms with Crippen LogP contribution >= 0.6 is 0 Å². The van der Waals surface area contributed by atoms with Gasteiger partial charge in [-0.25, -0.2) is 9.18 Å². The van der Waals surface area contributed by atoms with Crippen LogP contribution in [0.1, 0.15) is 38.7 Å². The van der Waals surface area contributed by atoms with Gasteiger partial charge in [0.15, 0.2) is 11.5 Å². The van der Waals surface area contributed by atoms with Crippen molar-refractivity contribution in [1.82, 2.24) is 10.2 Å². The number of nitrogens with zero attached hydrogens (tertiary/aromatic N) is 2. The standard InChI is InChI=1S/C27H36FN3O5/c1-5-6-7-12-36-26-14-23(9-11-25(26)35-4)31-17-20(15-29-19(2)32)16-30(27(31)33)18-21-13-22(28)8-10-24(21)34-3/h8-11,13-14,20H,5-7,12,15-18H2,1-4H3,(H,29,32). The molecule has 0 aromatic heterocycles. The second-order valence-electron chi connectivity index (χ2n) is 8.92. The minimum absolute atomic E-state index is 0.0396. The lowest BCUT2D eigenvalue weighted by Crippen LogP contribution is -2.55. The number of anilines is 1. The lowest BCUT2D eigenvalue weighted by molar-refractivity contribution is -0.119. The largest absolute Gasteiger partial charge is 0.496 e. The molecule has 2 aromatic rings. The number of halogens is 1. The van der Waals surface area contributed by atoms with Gasteiger partial charge < -0.3 is 24.4 Å². The third kappa shape index (κ3) is 7.02. The molecule has 8 nitrogen and oxygen atoms in total. The molecule has 9 heteroatoms. The van der Waals surface area contributed by atoms with Gasteiger partial charge in [-0.3, -0.25) is 9.69 Å². The first-order chi connectivity index (χ1) is 17.4. The number of amides is 3. The van der Waals surface area contributed by atoms with Crippen molar-refractivity contribution < 1.29 is 28.2 Å². The maximum Gasteiger partial charge on any atom is 0.324 e. The SMILES string of the molecule is CCCCCOc1cc(N2CC(CNC(C)=O)CN(Cc3cc(F)ccc3OC)C2=O)ccc1OC. The summed E-state index contributed by atoms with van der Waals surface area (Å²) >= 11 is 0. The zero-order valence-electron chi connectivity index (χ0n) is 21.5. The van der Waals surface area contributed by atoms with Crippen molar-refractivity contribution in [2.75, 3.05) is 45.4 Å². The number of carbonyl (C=O) groups is 2. The summed E-state index contributed by atoms with van der Waals surface area (Å²) in [6.45, 7) is 5.55.